The fourth-order valence-corrected chi connectivity index (χ4v) is 2.63. The summed E-state index contributed by atoms with van der Waals surface area (Å²) in [5.41, 5.74) is 3.11. The first-order valence-corrected chi connectivity index (χ1v) is 7.25. The Bertz CT molecular complexity index is 797. The molecule has 2 aromatic heterocycles. The maximum atomic E-state index is 5.33. The summed E-state index contributed by atoms with van der Waals surface area (Å²) in [4.78, 5) is 4.45. The third-order valence-electron chi connectivity index (χ3n) is 3.73. The van der Waals surface area contributed by atoms with Crippen LogP contribution in [0.1, 0.15) is 31.6 Å². The van der Waals surface area contributed by atoms with Crippen molar-refractivity contribution in [1.29, 1.82) is 0 Å². The van der Waals surface area contributed by atoms with E-state index in [4.69, 9.17) is 4.52 Å². The minimum atomic E-state index is 0.569. The SMILES string of the molecule is C(=C1CCCC1)c1nc(-c2cccc(-n3cnnn3)c2)no1. The van der Waals surface area contributed by atoms with Crippen LogP contribution in [-0.4, -0.2) is 30.3 Å². The fourth-order valence-electron chi connectivity index (χ4n) is 2.63. The Kier molecular flexibility index (Phi) is 3.23. The van der Waals surface area contributed by atoms with Crippen LogP contribution in [-0.2, 0) is 0 Å². The molecule has 1 saturated carbocycles. The summed E-state index contributed by atoms with van der Waals surface area (Å²) in [7, 11) is 0. The quantitative estimate of drug-likeness (QED) is 0.738. The summed E-state index contributed by atoms with van der Waals surface area (Å²) in [6.45, 7) is 0. The number of hydrogen-bond acceptors (Lipinski definition) is 6. The highest BCUT2D eigenvalue weighted by Gasteiger charge is 2.11. The summed E-state index contributed by atoms with van der Waals surface area (Å²) in [6, 6.07) is 7.69. The highest BCUT2D eigenvalue weighted by Crippen LogP contribution is 2.26. The van der Waals surface area contributed by atoms with E-state index in [0.29, 0.717) is 11.7 Å². The van der Waals surface area contributed by atoms with Gasteiger partial charge in [-0.2, -0.15) is 4.98 Å². The third-order valence-corrected chi connectivity index (χ3v) is 3.73. The minimum absolute atomic E-state index is 0.569. The van der Waals surface area contributed by atoms with Crippen molar-refractivity contribution in [2.24, 2.45) is 0 Å². The minimum Gasteiger partial charge on any atom is -0.334 e. The zero-order chi connectivity index (χ0) is 14.8. The maximum Gasteiger partial charge on any atom is 0.250 e. The van der Waals surface area contributed by atoms with Gasteiger partial charge in [0.05, 0.1) is 5.69 Å². The van der Waals surface area contributed by atoms with Gasteiger partial charge in [0.25, 0.3) is 5.89 Å². The van der Waals surface area contributed by atoms with Gasteiger partial charge in [-0.1, -0.05) is 22.9 Å². The van der Waals surface area contributed by atoms with Gasteiger partial charge in [-0.25, -0.2) is 4.68 Å². The molecule has 22 heavy (non-hydrogen) atoms. The predicted octanol–water partition coefficient (Wildman–Crippen LogP) is 2.67. The molecule has 0 aliphatic heterocycles. The van der Waals surface area contributed by atoms with Crippen LogP contribution < -0.4 is 0 Å². The topological polar surface area (TPSA) is 82.5 Å². The van der Waals surface area contributed by atoms with Gasteiger partial charge in [-0.05, 0) is 48.2 Å². The van der Waals surface area contributed by atoms with Crippen molar-refractivity contribution < 1.29 is 4.52 Å². The molecule has 2 heterocycles. The van der Waals surface area contributed by atoms with Crippen molar-refractivity contribution in [1.82, 2.24) is 30.3 Å². The number of benzene rings is 1. The van der Waals surface area contributed by atoms with Crippen molar-refractivity contribution in [3.05, 3.63) is 42.1 Å². The summed E-state index contributed by atoms with van der Waals surface area (Å²) in [5, 5.41) is 15.2. The largest absolute Gasteiger partial charge is 0.334 e. The second-order valence-electron chi connectivity index (χ2n) is 5.27. The van der Waals surface area contributed by atoms with Crippen LogP contribution in [0.2, 0.25) is 0 Å². The zero-order valence-corrected chi connectivity index (χ0v) is 11.9. The van der Waals surface area contributed by atoms with Gasteiger partial charge in [0.2, 0.25) is 5.82 Å². The molecule has 7 heteroatoms. The lowest BCUT2D eigenvalue weighted by molar-refractivity contribution is 0.411. The maximum absolute atomic E-state index is 5.33. The molecule has 0 spiro atoms. The molecule has 3 aromatic rings. The van der Waals surface area contributed by atoms with Gasteiger partial charge in [-0.15, -0.1) is 5.10 Å². The second-order valence-corrected chi connectivity index (χ2v) is 5.27. The van der Waals surface area contributed by atoms with E-state index in [1.165, 1.54) is 18.4 Å². The Morgan fingerprint density at radius 3 is 2.91 bits per heavy atom. The van der Waals surface area contributed by atoms with Crippen LogP contribution in [0.15, 0.2) is 40.7 Å². The van der Waals surface area contributed by atoms with E-state index >= 15 is 0 Å². The Balaban J connectivity index is 1.63. The van der Waals surface area contributed by atoms with Crippen LogP contribution in [0, 0.1) is 0 Å². The van der Waals surface area contributed by atoms with E-state index in [0.717, 1.165) is 24.1 Å². The van der Waals surface area contributed by atoms with Gasteiger partial charge in [0.1, 0.15) is 6.33 Å². The Hall–Kier alpha value is -2.83. The van der Waals surface area contributed by atoms with E-state index in [1.807, 2.05) is 30.3 Å². The van der Waals surface area contributed by atoms with Crippen LogP contribution in [0.5, 0.6) is 0 Å². The van der Waals surface area contributed by atoms with Crippen molar-refractivity contribution in [3.8, 4) is 17.1 Å². The van der Waals surface area contributed by atoms with Gasteiger partial charge < -0.3 is 4.52 Å². The van der Waals surface area contributed by atoms with Gasteiger partial charge >= 0.3 is 0 Å². The molecule has 0 radical (unpaired) electrons. The Morgan fingerprint density at radius 1 is 1.18 bits per heavy atom. The third kappa shape index (κ3) is 2.52. The van der Waals surface area contributed by atoms with Crippen LogP contribution in [0.3, 0.4) is 0 Å². The molecule has 7 nitrogen and oxygen atoms in total. The lowest BCUT2D eigenvalue weighted by atomic mass is 10.2. The summed E-state index contributed by atoms with van der Waals surface area (Å²) in [5.74, 6) is 1.14. The first kappa shape index (κ1) is 12.9. The molecule has 0 atom stereocenters. The average molecular weight is 294 g/mol. The molecule has 0 bridgehead atoms. The molecule has 1 fully saturated rings. The molecule has 0 amide bonds. The molecule has 1 aliphatic carbocycles. The second kappa shape index (κ2) is 5.51. The van der Waals surface area contributed by atoms with E-state index in [1.54, 1.807) is 11.0 Å². The fraction of sp³-hybridized carbons (Fsp3) is 0.267. The number of tetrazole rings is 1. The van der Waals surface area contributed by atoms with Crippen LogP contribution in [0.4, 0.5) is 0 Å². The smallest absolute Gasteiger partial charge is 0.250 e. The average Bonchev–Trinajstić information content (AvgIpc) is 3.31. The summed E-state index contributed by atoms with van der Waals surface area (Å²) >= 11 is 0. The molecule has 110 valence electrons. The number of allylic oxidation sites excluding steroid dienone is 1. The highest BCUT2D eigenvalue weighted by molar-refractivity contribution is 5.59. The lowest BCUT2D eigenvalue weighted by Crippen LogP contribution is -1.95. The van der Waals surface area contributed by atoms with E-state index in [-0.39, 0.29) is 0 Å². The molecule has 0 N–H and O–H groups in total. The lowest BCUT2D eigenvalue weighted by Gasteiger charge is -2.00. The van der Waals surface area contributed by atoms with Crippen molar-refractivity contribution >= 4 is 6.08 Å². The summed E-state index contributed by atoms with van der Waals surface area (Å²) < 4.78 is 6.92. The van der Waals surface area contributed by atoms with Crippen LogP contribution >= 0.6 is 0 Å². The molecular formula is C15H14N6O. The molecule has 4 rings (SSSR count). The van der Waals surface area contributed by atoms with Gasteiger partial charge in [0.15, 0.2) is 0 Å². The molecule has 1 aliphatic rings. The summed E-state index contributed by atoms with van der Waals surface area (Å²) in [6.07, 6.45) is 8.32. The standard InChI is InChI=1S/C15H14N6O/c1-2-5-11(4-1)8-14-17-15(18-22-14)12-6-3-7-13(9-12)21-10-16-19-20-21/h3,6-10H,1-2,4-5H2. The van der Waals surface area contributed by atoms with Crippen molar-refractivity contribution in [3.63, 3.8) is 0 Å². The predicted molar refractivity (Wildman–Crippen MR) is 78.9 cm³/mol. The van der Waals surface area contributed by atoms with E-state index in [9.17, 15) is 0 Å². The number of aromatic nitrogens is 6. The normalized spacial score (nSPS) is 14.5. The van der Waals surface area contributed by atoms with Gasteiger partial charge in [-0.3, -0.25) is 0 Å². The molecular weight excluding hydrogens is 280 g/mol. The van der Waals surface area contributed by atoms with Crippen molar-refractivity contribution in [2.45, 2.75) is 25.7 Å². The number of rotatable bonds is 3. The zero-order valence-electron chi connectivity index (χ0n) is 11.9. The van der Waals surface area contributed by atoms with Crippen LogP contribution in [0.25, 0.3) is 23.2 Å². The Labute approximate surface area is 126 Å². The first-order chi connectivity index (χ1) is 10.9. The monoisotopic (exact) mass is 294 g/mol. The Morgan fingerprint density at radius 2 is 2.09 bits per heavy atom. The molecule has 0 unspecified atom stereocenters. The van der Waals surface area contributed by atoms with Crippen molar-refractivity contribution in [2.75, 3.05) is 0 Å². The molecule has 0 saturated heterocycles. The highest BCUT2D eigenvalue weighted by atomic mass is 16.5. The number of hydrogen-bond donors (Lipinski definition) is 0. The van der Waals surface area contributed by atoms with E-state index < -0.39 is 0 Å². The van der Waals surface area contributed by atoms with E-state index in [2.05, 4.69) is 25.7 Å². The number of nitrogens with zero attached hydrogens (tertiary/aromatic N) is 6. The first-order valence-electron chi connectivity index (χ1n) is 7.25. The van der Waals surface area contributed by atoms with Gasteiger partial charge in [0, 0.05) is 11.6 Å². The molecule has 1 aromatic carbocycles.